The van der Waals surface area contributed by atoms with Gasteiger partial charge in [0.1, 0.15) is 11.9 Å². The van der Waals surface area contributed by atoms with E-state index in [0.717, 1.165) is 12.0 Å². The van der Waals surface area contributed by atoms with E-state index in [2.05, 4.69) is 15.6 Å². The molecule has 2 aliphatic heterocycles. The Bertz CT molecular complexity index is 1430. The van der Waals surface area contributed by atoms with Crippen molar-refractivity contribution in [2.45, 2.75) is 42.3 Å². The summed E-state index contributed by atoms with van der Waals surface area (Å²) in [5.74, 6) is 0.542. The lowest BCUT2D eigenvalue weighted by Crippen LogP contribution is -2.51. The van der Waals surface area contributed by atoms with Crippen LogP contribution < -0.4 is 16.4 Å². The molecule has 1 amide bonds. The average Bonchev–Trinajstić information content (AvgIpc) is 3.63. The molecule has 1 aromatic heterocycles. The SMILES string of the molecule is Nc1ccc(S(=O)(=O)N(CCNc2ccccn2)C[C@@H](O)[C@H](Cc2ccccc2)NC(=O)OC2COC3OCCC23)cc1. The number of nitrogen functional groups attached to an aromatic ring is 1. The Balaban J connectivity index is 1.32. The second-order valence-corrected chi connectivity index (χ2v) is 12.5. The molecule has 0 radical (unpaired) electrons. The van der Waals surface area contributed by atoms with Crippen LogP contribution in [0.4, 0.5) is 16.3 Å². The molecule has 2 aliphatic rings. The number of alkyl carbamates (subject to hydrolysis) is 1. The molecular formula is C30H37N5O7S. The number of aromatic nitrogens is 1. The maximum atomic E-state index is 13.8. The van der Waals surface area contributed by atoms with Gasteiger partial charge in [-0.05, 0) is 54.8 Å². The van der Waals surface area contributed by atoms with E-state index in [1.54, 1.807) is 18.3 Å². The van der Waals surface area contributed by atoms with Crippen LogP contribution >= 0.6 is 0 Å². The Labute approximate surface area is 251 Å². The van der Waals surface area contributed by atoms with Crippen molar-refractivity contribution in [1.82, 2.24) is 14.6 Å². The highest BCUT2D eigenvalue weighted by molar-refractivity contribution is 7.89. The summed E-state index contributed by atoms with van der Waals surface area (Å²) in [5, 5.41) is 17.4. The maximum Gasteiger partial charge on any atom is 0.407 e. The zero-order chi connectivity index (χ0) is 30.2. The quantitative estimate of drug-likeness (QED) is 0.211. The summed E-state index contributed by atoms with van der Waals surface area (Å²) in [7, 11) is -4.05. The van der Waals surface area contributed by atoms with Crippen molar-refractivity contribution in [3.8, 4) is 0 Å². The van der Waals surface area contributed by atoms with Gasteiger partial charge < -0.3 is 35.7 Å². The molecule has 2 fully saturated rings. The van der Waals surface area contributed by atoms with Gasteiger partial charge in [-0.3, -0.25) is 0 Å². The third kappa shape index (κ3) is 8.00. The van der Waals surface area contributed by atoms with Crippen molar-refractivity contribution >= 4 is 27.6 Å². The van der Waals surface area contributed by atoms with Gasteiger partial charge in [-0.25, -0.2) is 18.2 Å². The second-order valence-electron chi connectivity index (χ2n) is 10.6. The van der Waals surface area contributed by atoms with Crippen LogP contribution in [-0.2, 0) is 30.7 Å². The van der Waals surface area contributed by atoms with Crippen LogP contribution in [0, 0.1) is 5.92 Å². The normalized spacial score (nSPS) is 21.2. The highest BCUT2D eigenvalue weighted by atomic mass is 32.2. The van der Waals surface area contributed by atoms with Crippen molar-refractivity contribution in [2.75, 3.05) is 43.9 Å². The number of carbonyl (C=O) groups excluding carboxylic acids is 1. The third-order valence-electron chi connectivity index (χ3n) is 7.55. The van der Waals surface area contributed by atoms with Crippen molar-refractivity contribution in [2.24, 2.45) is 5.92 Å². The van der Waals surface area contributed by atoms with Gasteiger partial charge in [0.2, 0.25) is 10.0 Å². The van der Waals surface area contributed by atoms with Gasteiger partial charge >= 0.3 is 6.09 Å². The number of pyridine rings is 1. The Morgan fingerprint density at radius 2 is 1.86 bits per heavy atom. The number of fused-ring (bicyclic) bond motifs is 1. The van der Waals surface area contributed by atoms with Gasteiger partial charge in [0.15, 0.2) is 6.29 Å². The number of amides is 1. The number of anilines is 2. The monoisotopic (exact) mass is 611 g/mol. The molecule has 5 rings (SSSR count). The van der Waals surface area contributed by atoms with Gasteiger partial charge in [-0.2, -0.15) is 4.31 Å². The molecule has 230 valence electrons. The topological polar surface area (TPSA) is 165 Å². The first-order valence-corrected chi connectivity index (χ1v) is 15.7. The predicted octanol–water partition coefficient (Wildman–Crippen LogP) is 2.23. The molecule has 2 aromatic carbocycles. The van der Waals surface area contributed by atoms with E-state index in [-0.39, 0.29) is 49.8 Å². The summed E-state index contributed by atoms with van der Waals surface area (Å²) in [5.41, 5.74) is 7.06. The van der Waals surface area contributed by atoms with E-state index in [1.807, 2.05) is 36.4 Å². The molecule has 3 unspecified atom stereocenters. The average molecular weight is 612 g/mol. The zero-order valence-electron chi connectivity index (χ0n) is 23.6. The molecule has 13 heteroatoms. The first-order valence-electron chi connectivity index (χ1n) is 14.2. The number of hydrogen-bond acceptors (Lipinski definition) is 10. The largest absolute Gasteiger partial charge is 0.443 e. The maximum absolute atomic E-state index is 13.8. The number of sulfonamides is 1. The first-order chi connectivity index (χ1) is 20.8. The van der Waals surface area contributed by atoms with E-state index in [0.29, 0.717) is 18.1 Å². The fraction of sp³-hybridized carbons (Fsp3) is 0.400. The lowest BCUT2D eigenvalue weighted by Gasteiger charge is -2.30. The van der Waals surface area contributed by atoms with Gasteiger partial charge in [-0.15, -0.1) is 0 Å². The molecule has 0 aliphatic carbocycles. The smallest absolute Gasteiger partial charge is 0.407 e. The fourth-order valence-corrected chi connectivity index (χ4v) is 6.69. The van der Waals surface area contributed by atoms with E-state index in [9.17, 15) is 18.3 Å². The first kappa shape index (κ1) is 30.7. The highest BCUT2D eigenvalue weighted by Gasteiger charge is 2.44. The molecule has 43 heavy (non-hydrogen) atoms. The van der Waals surface area contributed by atoms with Crippen LogP contribution in [-0.4, -0.2) is 86.3 Å². The third-order valence-corrected chi connectivity index (χ3v) is 9.43. The molecule has 12 nitrogen and oxygen atoms in total. The van der Waals surface area contributed by atoms with E-state index >= 15 is 0 Å². The molecular weight excluding hydrogens is 574 g/mol. The summed E-state index contributed by atoms with van der Waals surface area (Å²) < 4.78 is 45.5. The number of nitrogens with zero attached hydrogens (tertiary/aromatic N) is 2. The van der Waals surface area contributed by atoms with Crippen LogP contribution in [0.5, 0.6) is 0 Å². The summed E-state index contributed by atoms with van der Waals surface area (Å²) >= 11 is 0. The van der Waals surface area contributed by atoms with E-state index in [1.165, 1.54) is 28.6 Å². The Hall–Kier alpha value is -3.75. The highest BCUT2D eigenvalue weighted by Crippen LogP contribution is 2.33. The van der Waals surface area contributed by atoms with Crippen LogP contribution in [0.3, 0.4) is 0 Å². The Morgan fingerprint density at radius 3 is 2.60 bits per heavy atom. The number of nitrogens with two attached hydrogens (primary N) is 1. The van der Waals surface area contributed by atoms with E-state index < -0.39 is 34.4 Å². The van der Waals surface area contributed by atoms with Crippen molar-refractivity contribution < 1.29 is 32.5 Å². The number of carbonyl (C=O) groups is 1. The number of nitrogens with one attached hydrogen (secondary N) is 2. The number of hydrogen-bond donors (Lipinski definition) is 4. The van der Waals surface area contributed by atoms with Crippen molar-refractivity contribution in [1.29, 1.82) is 0 Å². The van der Waals surface area contributed by atoms with Crippen molar-refractivity contribution in [3.05, 3.63) is 84.6 Å². The van der Waals surface area contributed by atoms with Crippen LogP contribution in [0.1, 0.15) is 12.0 Å². The lowest BCUT2D eigenvalue weighted by atomic mass is 10.0. The molecule has 5 N–H and O–H groups in total. The van der Waals surface area contributed by atoms with Crippen LogP contribution in [0.2, 0.25) is 0 Å². The summed E-state index contributed by atoms with van der Waals surface area (Å²) in [4.78, 5) is 17.3. The molecule has 5 atom stereocenters. The minimum Gasteiger partial charge on any atom is -0.443 e. The molecule has 0 bridgehead atoms. The number of benzene rings is 2. The van der Waals surface area contributed by atoms with Gasteiger partial charge in [0.05, 0.1) is 36.2 Å². The predicted molar refractivity (Wildman–Crippen MR) is 159 cm³/mol. The lowest BCUT2D eigenvalue weighted by molar-refractivity contribution is -0.0907. The Morgan fingerprint density at radius 1 is 1.09 bits per heavy atom. The molecule has 3 aromatic rings. The number of aliphatic hydroxyl groups excluding tert-OH is 1. The summed E-state index contributed by atoms with van der Waals surface area (Å²) in [6.07, 6.45) is -0.249. The fourth-order valence-electron chi connectivity index (χ4n) is 5.23. The Kier molecular flexibility index (Phi) is 10.1. The van der Waals surface area contributed by atoms with Gasteiger partial charge in [0, 0.05) is 31.5 Å². The number of rotatable bonds is 13. The van der Waals surface area contributed by atoms with Crippen LogP contribution in [0.25, 0.3) is 0 Å². The van der Waals surface area contributed by atoms with Crippen LogP contribution in [0.15, 0.2) is 83.9 Å². The summed E-state index contributed by atoms with van der Waals surface area (Å²) in [6, 6.07) is 19.7. The molecule has 2 saturated heterocycles. The second kappa shape index (κ2) is 14.1. The number of ether oxygens (including phenoxy) is 3. The standard InChI is InChI=1S/C30H37N5O7S/c31-22-9-11-23(12-10-22)43(38,39)35(16-15-33-28-8-4-5-14-32-28)19-26(36)25(18-21-6-2-1-3-7-21)34-30(37)42-27-20-41-29-24(27)13-17-40-29/h1-12,14,24-27,29,36H,13,15-20,31H2,(H,32,33)(H,34,37)/t24?,25-,26+,27?,29?/m0/s1. The number of aliphatic hydroxyl groups is 1. The minimum atomic E-state index is -4.05. The van der Waals surface area contributed by atoms with Gasteiger partial charge in [0.25, 0.3) is 0 Å². The molecule has 0 spiro atoms. The van der Waals surface area contributed by atoms with E-state index in [4.69, 9.17) is 19.9 Å². The van der Waals surface area contributed by atoms with Crippen molar-refractivity contribution in [3.63, 3.8) is 0 Å². The molecule has 0 saturated carbocycles. The molecule has 3 heterocycles. The van der Waals surface area contributed by atoms with Gasteiger partial charge in [-0.1, -0.05) is 36.4 Å². The zero-order valence-corrected chi connectivity index (χ0v) is 24.4. The minimum absolute atomic E-state index is 0.0192. The summed E-state index contributed by atoms with van der Waals surface area (Å²) in [6.45, 7) is 0.721.